The number of aliphatic carboxylic acids is 1. The molecule has 1 saturated heterocycles. The van der Waals surface area contributed by atoms with Crippen LogP contribution in [0.15, 0.2) is 0 Å². The van der Waals surface area contributed by atoms with Gasteiger partial charge in [-0.3, -0.25) is 9.59 Å². The third-order valence-corrected chi connectivity index (χ3v) is 4.10. The first kappa shape index (κ1) is 15.0. The smallest absolute Gasteiger partial charge is 0.311 e. The number of carbonyl (C=O) groups is 2. The maximum atomic E-state index is 12.2. The van der Waals surface area contributed by atoms with E-state index in [1.807, 2.05) is 20.8 Å². The van der Waals surface area contributed by atoms with Gasteiger partial charge in [-0.2, -0.15) is 0 Å². The third-order valence-electron chi connectivity index (χ3n) is 4.10. The molecule has 1 rings (SSSR count). The highest BCUT2D eigenvalue weighted by Crippen LogP contribution is 2.35. The lowest BCUT2D eigenvalue weighted by molar-refractivity contribution is -0.156. The van der Waals surface area contributed by atoms with Gasteiger partial charge >= 0.3 is 5.97 Å². The van der Waals surface area contributed by atoms with Gasteiger partial charge in [0.15, 0.2) is 0 Å². The van der Waals surface area contributed by atoms with Crippen LogP contribution >= 0.6 is 0 Å². The molecule has 1 heterocycles. The molecule has 0 saturated carbocycles. The van der Waals surface area contributed by atoms with E-state index in [0.717, 1.165) is 19.3 Å². The zero-order valence-corrected chi connectivity index (χ0v) is 11.7. The maximum absolute atomic E-state index is 12.2. The van der Waals surface area contributed by atoms with Crippen LogP contribution in [0.1, 0.15) is 52.9 Å². The van der Waals surface area contributed by atoms with E-state index in [2.05, 4.69) is 0 Å². The molecule has 0 radical (unpaired) electrons. The molecule has 0 aliphatic carbocycles. The van der Waals surface area contributed by atoms with Crippen LogP contribution < -0.4 is 0 Å². The van der Waals surface area contributed by atoms with Crippen LogP contribution in [0.3, 0.4) is 0 Å². The first-order chi connectivity index (χ1) is 8.46. The van der Waals surface area contributed by atoms with E-state index in [1.165, 1.54) is 0 Å². The average molecular weight is 255 g/mol. The van der Waals surface area contributed by atoms with Crippen LogP contribution in [0.25, 0.3) is 0 Å². The number of amides is 1. The fourth-order valence-electron chi connectivity index (χ4n) is 2.77. The van der Waals surface area contributed by atoms with Crippen molar-refractivity contribution < 1.29 is 14.7 Å². The Morgan fingerprint density at radius 1 is 1.39 bits per heavy atom. The molecule has 0 bridgehead atoms. The second-order valence-corrected chi connectivity index (χ2v) is 5.51. The molecule has 0 aromatic rings. The number of carbonyl (C=O) groups excluding carboxylic acids is 1. The van der Waals surface area contributed by atoms with E-state index in [9.17, 15) is 14.7 Å². The van der Waals surface area contributed by atoms with E-state index in [1.54, 1.807) is 4.90 Å². The van der Waals surface area contributed by atoms with E-state index in [-0.39, 0.29) is 11.8 Å². The molecule has 1 N–H and O–H groups in total. The fraction of sp³-hybridized carbons (Fsp3) is 0.857. The Bertz CT molecular complexity index is 312. The second-order valence-electron chi connectivity index (χ2n) is 5.51. The van der Waals surface area contributed by atoms with E-state index in [0.29, 0.717) is 25.9 Å². The lowest BCUT2D eigenvalue weighted by Gasteiger charge is -2.40. The summed E-state index contributed by atoms with van der Waals surface area (Å²) in [7, 11) is 0. The number of hydrogen-bond donors (Lipinski definition) is 1. The van der Waals surface area contributed by atoms with Crippen LogP contribution in [-0.2, 0) is 9.59 Å². The third kappa shape index (κ3) is 3.03. The predicted octanol–water partition coefficient (Wildman–Crippen LogP) is 2.53. The van der Waals surface area contributed by atoms with Crippen LogP contribution in [0.5, 0.6) is 0 Å². The van der Waals surface area contributed by atoms with Gasteiger partial charge in [0.05, 0.1) is 5.41 Å². The Balaban J connectivity index is 2.81. The summed E-state index contributed by atoms with van der Waals surface area (Å²) in [5, 5.41) is 9.48. The van der Waals surface area contributed by atoms with Gasteiger partial charge in [-0.05, 0) is 25.7 Å². The summed E-state index contributed by atoms with van der Waals surface area (Å²) in [6, 6.07) is 0. The molecule has 1 amide bonds. The molecular weight excluding hydrogens is 230 g/mol. The molecule has 0 aromatic carbocycles. The summed E-state index contributed by atoms with van der Waals surface area (Å²) in [5.74, 6) is -0.638. The second kappa shape index (κ2) is 6.21. The zero-order valence-electron chi connectivity index (χ0n) is 11.7. The Morgan fingerprint density at radius 2 is 2.06 bits per heavy atom. The van der Waals surface area contributed by atoms with Crippen molar-refractivity contribution in [2.45, 2.75) is 52.9 Å². The summed E-state index contributed by atoms with van der Waals surface area (Å²) in [6.07, 6.45) is 3.81. The number of nitrogens with zero attached hydrogens (tertiary/aromatic N) is 1. The Morgan fingerprint density at radius 3 is 2.56 bits per heavy atom. The molecule has 0 aromatic heterocycles. The molecule has 1 aliphatic heterocycles. The molecule has 2 atom stereocenters. The van der Waals surface area contributed by atoms with Crippen molar-refractivity contribution in [1.82, 2.24) is 4.90 Å². The standard InChI is InChI=1S/C14H25NO3/c1-4-7-14(13(17)18)8-6-9-15(10-14)12(16)11(3)5-2/h11H,4-10H2,1-3H3,(H,17,18). The number of hydrogen-bond acceptors (Lipinski definition) is 2. The van der Waals surface area contributed by atoms with Crippen LogP contribution in [0, 0.1) is 11.3 Å². The highest BCUT2D eigenvalue weighted by molar-refractivity contribution is 5.81. The summed E-state index contributed by atoms with van der Waals surface area (Å²) < 4.78 is 0. The molecule has 0 spiro atoms. The van der Waals surface area contributed by atoms with Crippen molar-refractivity contribution in [3.05, 3.63) is 0 Å². The zero-order chi connectivity index (χ0) is 13.8. The molecule has 18 heavy (non-hydrogen) atoms. The lowest BCUT2D eigenvalue weighted by atomic mass is 9.76. The first-order valence-electron chi connectivity index (χ1n) is 6.99. The number of carboxylic acid groups (broad SMARTS) is 1. The molecule has 1 fully saturated rings. The topological polar surface area (TPSA) is 57.6 Å². The van der Waals surface area contributed by atoms with Crippen molar-refractivity contribution in [1.29, 1.82) is 0 Å². The summed E-state index contributed by atoms with van der Waals surface area (Å²) in [5.41, 5.74) is -0.712. The Hall–Kier alpha value is -1.06. The monoisotopic (exact) mass is 255 g/mol. The van der Waals surface area contributed by atoms with Crippen LogP contribution in [0.4, 0.5) is 0 Å². The molecule has 2 unspecified atom stereocenters. The van der Waals surface area contributed by atoms with Crippen molar-refractivity contribution in [3.63, 3.8) is 0 Å². The van der Waals surface area contributed by atoms with E-state index < -0.39 is 11.4 Å². The van der Waals surface area contributed by atoms with Gasteiger partial charge < -0.3 is 10.0 Å². The molecule has 104 valence electrons. The van der Waals surface area contributed by atoms with Gasteiger partial charge in [0.1, 0.15) is 0 Å². The molecule has 4 nitrogen and oxygen atoms in total. The van der Waals surface area contributed by atoms with Crippen molar-refractivity contribution in [2.24, 2.45) is 11.3 Å². The number of rotatable bonds is 5. The highest BCUT2D eigenvalue weighted by atomic mass is 16.4. The number of likely N-dealkylation sites (tertiary alicyclic amines) is 1. The Kier molecular flexibility index (Phi) is 5.17. The van der Waals surface area contributed by atoms with Crippen LogP contribution in [-0.4, -0.2) is 35.0 Å². The van der Waals surface area contributed by atoms with Gasteiger partial charge in [0.25, 0.3) is 0 Å². The minimum Gasteiger partial charge on any atom is -0.481 e. The summed E-state index contributed by atoms with van der Waals surface area (Å²) in [4.78, 5) is 25.5. The van der Waals surface area contributed by atoms with Gasteiger partial charge in [0, 0.05) is 19.0 Å². The largest absolute Gasteiger partial charge is 0.481 e. The SMILES string of the molecule is CCCC1(C(=O)O)CCCN(C(=O)C(C)CC)C1. The van der Waals surface area contributed by atoms with Gasteiger partial charge in [0.2, 0.25) is 5.91 Å². The van der Waals surface area contributed by atoms with E-state index in [4.69, 9.17) is 0 Å². The predicted molar refractivity (Wildman–Crippen MR) is 70.2 cm³/mol. The minimum atomic E-state index is -0.744. The fourth-order valence-corrected chi connectivity index (χ4v) is 2.77. The van der Waals surface area contributed by atoms with Crippen LogP contribution in [0.2, 0.25) is 0 Å². The molecule has 4 heteroatoms. The summed E-state index contributed by atoms with van der Waals surface area (Å²) >= 11 is 0. The Labute approximate surface area is 109 Å². The summed E-state index contributed by atoms with van der Waals surface area (Å²) in [6.45, 7) is 7.00. The highest BCUT2D eigenvalue weighted by Gasteiger charge is 2.43. The first-order valence-corrected chi connectivity index (χ1v) is 6.99. The minimum absolute atomic E-state index is 0.00350. The van der Waals surface area contributed by atoms with Crippen molar-refractivity contribution in [2.75, 3.05) is 13.1 Å². The van der Waals surface area contributed by atoms with Gasteiger partial charge in [-0.25, -0.2) is 0 Å². The number of carboxylic acids is 1. The normalized spacial score (nSPS) is 25.8. The van der Waals surface area contributed by atoms with Crippen molar-refractivity contribution in [3.8, 4) is 0 Å². The number of piperidine rings is 1. The van der Waals surface area contributed by atoms with Crippen molar-refractivity contribution >= 4 is 11.9 Å². The molecule has 1 aliphatic rings. The van der Waals surface area contributed by atoms with E-state index >= 15 is 0 Å². The quantitative estimate of drug-likeness (QED) is 0.821. The molecular formula is C14H25NO3. The van der Waals surface area contributed by atoms with Gasteiger partial charge in [-0.1, -0.05) is 27.2 Å². The van der Waals surface area contributed by atoms with Gasteiger partial charge in [-0.15, -0.1) is 0 Å². The maximum Gasteiger partial charge on any atom is 0.311 e. The lowest BCUT2D eigenvalue weighted by Crippen LogP contribution is -2.51. The average Bonchev–Trinajstić information content (AvgIpc) is 2.37.